The van der Waals surface area contributed by atoms with Crippen LogP contribution in [0.3, 0.4) is 0 Å². The summed E-state index contributed by atoms with van der Waals surface area (Å²) in [7, 11) is 0. The molecule has 1 fully saturated rings. The van der Waals surface area contributed by atoms with Crippen molar-refractivity contribution >= 4 is 46.0 Å². The van der Waals surface area contributed by atoms with E-state index in [0.717, 1.165) is 23.7 Å². The Hall–Kier alpha value is -3.45. The first-order valence-electron chi connectivity index (χ1n) is 10.0. The molecule has 2 amide bonds. The van der Waals surface area contributed by atoms with Crippen LogP contribution < -0.4 is 10.6 Å². The van der Waals surface area contributed by atoms with Crippen LogP contribution in [0.4, 0.5) is 11.6 Å². The van der Waals surface area contributed by atoms with Crippen LogP contribution >= 0.6 is 11.6 Å². The number of fused-ring (bicyclic) bond motifs is 1. The van der Waals surface area contributed by atoms with Crippen molar-refractivity contribution < 1.29 is 9.59 Å². The molecule has 4 rings (SSSR count). The highest BCUT2D eigenvalue weighted by Crippen LogP contribution is 2.21. The fourth-order valence-corrected chi connectivity index (χ4v) is 3.77. The van der Waals surface area contributed by atoms with Gasteiger partial charge < -0.3 is 15.5 Å². The molecule has 158 valence electrons. The van der Waals surface area contributed by atoms with Crippen LogP contribution in [0, 0.1) is 0 Å². The summed E-state index contributed by atoms with van der Waals surface area (Å²) >= 11 is 6.07. The molecule has 0 aliphatic carbocycles. The molecule has 1 aliphatic rings. The Morgan fingerprint density at radius 1 is 1.19 bits per heavy atom. The van der Waals surface area contributed by atoms with Gasteiger partial charge in [-0.3, -0.25) is 9.59 Å². The zero-order valence-electron chi connectivity index (χ0n) is 16.8. The first-order chi connectivity index (χ1) is 15.0. The van der Waals surface area contributed by atoms with Crippen LogP contribution in [0.2, 0.25) is 5.02 Å². The number of amides is 2. The number of rotatable bonds is 5. The molecule has 1 aromatic heterocycles. The van der Waals surface area contributed by atoms with E-state index in [2.05, 4.69) is 27.2 Å². The third kappa shape index (κ3) is 5.00. The summed E-state index contributed by atoms with van der Waals surface area (Å²) < 4.78 is 0. The number of carbonyl (C=O) groups excluding carboxylic acids is 2. The zero-order chi connectivity index (χ0) is 21.8. The van der Waals surface area contributed by atoms with Crippen molar-refractivity contribution in [3.05, 3.63) is 71.9 Å². The lowest BCUT2D eigenvalue weighted by Crippen LogP contribution is -2.45. The van der Waals surface area contributed by atoms with E-state index in [4.69, 9.17) is 11.6 Å². The summed E-state index contributed by atoms with van der Waals surface area (Å²) in [6.45, 7) is 4.68. The number of nitrogens with one attached hydrogen (secondary N) is 2. The minimum Gasteiger partial charge on any atom is -0.350 e. The Balaban J connectivity index is 1.41. The average Bonchev–Trinajstić information content (AvgIpc) is 2.79. The molecule has 1 saturated heterocycles. The Kier molecular flexibility index (Phi) is 6.13. The second-order valence-electron chi connectivity index (χ2n) is 7.40. The standard InChI is InChI=1S/C23H22ClN5O2/c1-2-21(30)26-18-9-6-15(7-10-18)22(31)29-11-3-4-19(14-29)27-23-25-13-16-5-8-17(24)12-20(16)28-23/h2,5-10,12-13,19H,1,3-4,11,14H2,(H,26,30)(H,25,27,28). The molecular weight excluding hydrogens is 414 g/mol. The number of nitrogens with zero attached hydrogens (tertiary/aromatic N) is 3. The monoisotopic (exact) mass is 435 g/mol. The van der Waals surface area contributed by atoms with Gasteiger partial charge in [0.2, 0.25) is 11.9 Å². The van der Waals surface area contributed by atoms with Gasteiger partial charge in [-0.25, -0.2) is 9.97 Å². The largest absolute Gasteiger partial charge is 0.350 e. The van der Waals surface area contributed by atoms with E-state index in [0.29, 0.717) is 35.3 Å². The molecule has 0 spiro atoms. The van der Waals surface area contributed by atoms with Gasteiger partial charge in [0.05, 0.1) is 5.52 Å². The van der Waals surface area contributed by atoms with E-state index < -0.39 is 0 Å². The summed E-state index contributed by atoms with van der Waals surface area (Å²) in [5.74, 6) is 0.192. The van der Waals surface area contributed by atoms with Crippen molar-refractivity contribution in [3.8, 4) is 0 Å². The molecule has 1 unspecified atom stereocenters. The summed E-state index contributed by atoms with van der Waals surface area (Å²) in [4.78, 5) is 35.1. The Bertz CT molecular complexity index is 1130. The first-order valence-corrected chi connectivity index (χ1v) is 10.4. The van der Waals surface area contributed by atoms with Crippen LogP contribution in [0.25, 0.3) is 10.9 Å². The van der Waals surface area contributed by atoms with Gasteiger partial charge in [-0.15, -0.1) is 0 Å². The van der Waals surface area contributed by atoms with Crippen molar-refractivity contribution in [1.29, 1.82) is 0 Å². The van der Waals surface area contributed by atoms with Gasteiger partial charge in [-0.05, 0) is 61.4 Å². The number of hydrogen-bond acceptors (Lipinski definition) is 5. The van der Waals surface area contributed by atoms with Crippen molar-refractivity contribution in [1.82, 2.24) is 14.9 Å². The van der Waals surface area contributed by atoms with E-state index in [1.807, 2.05) is 23.1 Å². The minimum atomic E-state index is -0.290. The maximum absolute atomic E-state index is 12.9. The maximum Gasteiger partial charge on any atom is 0.253 e. The van der Waals surface area contributed by atoms with Crippen LogP contribution in [0.1, 0.15) is 23.2 Å². The fraction of sp³-hybridized carbons (Fsp3) is 0.217. The van der Waals surface area contributed by atoms with Gasteiger partial charge in [-0.1, -0.05) is 18.2 Å². The SMILES string of the molecule is C=CC(=O)Nc1ccc(C(=O)N2CCCC(Nc3ncc4ccc(Cl)cc4n3)C2)cc1. The third-order valence-electron chi connectivity index (χ3n) is 5.17. The number of carbonyl (C=O) groups is 2. The molecule has 8 heteroatoms. The molecule has 0 radical (unpaired) electrons. The quantitative estimate of drug-likeness (QED) is 0.588. The summed E-state index contributed by atoms with van der Waals surface area (Å²) in [5.41, 5.74) is 1.97. The zero-order valence-corrected chi connectivity index (χ0v) is 17.6. The van der Waals surface area contributed by atoms with Gasteiger partial charge in [0.25, 0.3) is 5.91 Å². The Labute approximate surface area is 185 Å². The highest BCUT2D eigenvalue weighted by atomic mass is 35.5. The molecule has 1 atom stereocenters. The number of piperidine rings is 1. The lowest BCUT2D eigenvalue weighted by molar-refractivity contribution is -0.111. The predicted molar refractivity (Wildman–Crippen MR) is 122 cm³/mol. The summed E-state index contributed by atoms with van der Waals surface area (Å²) in [5, 5.41) is 7.57. The van der Waals surface area contributed by atoms with E-state index >= 15 is 0 Å². The van der Waals surface area contributed by atoms with Crippen LogP contribution in [-0.2, 0) is 4.79 Å². The molecule has 0 bridgehead atoms. The van der Waals surface area contributed by atoms with Crippen LogP contribution in [0.5, 0.6) is 0 Å². The van der Waals surface area contributed by atoms with Gasteiger partial charge >= 0.3 is 0 Å². The smallest absolute Gasteiger partial charge is 0.253 e. The fourth-order valence-electron chi connectivity index (χ4n) is 3.60. The van der Waals surface area contributed by atoms with Gasteiger partial charge in [0.1, 0.15) is 0 Å². The summed E-state index contributed by atoms with van der Waals surface area (Å²) in [6.07, 6.45) is 4.77. The molecular formula is C23H22ClN5O2. The van der Waals surface area contributed by atoms with Crippen molar-refractivity contribution in [3.63, 3.8) is 0 Å². The minimum absolute atomic E-state index is 0.0423. The van der Waals surface area contributed by atoms with E-state index in [9.17, 15) is 9.59 Å². The maximum atomic E-state index is 12.9. The van der Waals surface area contributed by atoms with Crippen molar-refractivity contribution in [2.75, 3.05) is 23.7 Å². The Morgan fingerprint density at radius 2 is 2.00 bits per heavy atom. The lowest BCUT2D eigenvalue weighted by Gasteiger charge is -2.33. The van der Waals surface area contributed by atoms with E-state index in [1.165, 1.54) is 6.08 Å². The number of benzene rings is 2. The lowest BCUT2D eigenvalue weighted by atomic mass is 10.0. The number of aromatic nitrogens is 2. The molecule has 3 aromatic rings. The highest BCUT2D eigenvalue weighted by molar-refractivity contribution is 6.31. The molecule has 31 heavy (non-hydrogen) atoms. The Morgan fingerprint density at radius 3 is 2.77 bits per heavy atom. The molecule has 2 heterocycles. The average molecular weight is 436 g/mol. The van der Waals surface area contributed by atoms with Gasteiger partial charge in [0, 0.05) is 47.0 Å². The van der Waals surface area contributed by atoms with Gasteiger partial charge in [-0.2, -0.15) is 0 Å². The normalized spacial score (nSPS) is 16.0. The van der Waals surface area contributed by atoms with Crippen LogP contribution in [-0.4, -0.2) is 45.8 Å². The second-order valence-corrected chi connectivity index (χ2v) is 7.84. The van der Waals surface area contributed by atoms with Crippen LogP contribution in [0.15, 0.2) is 61.3 Å². The number of hydrogen-bond donors (Lipinski definition) is 2. The summed E-state index contributed by atoms with van der Waals surface area (Å²) in [6, 6.07) is 12.4. The predicted octanol–water partition coefficient (Wildman–Crippen LogP) is 4.12. The van der Waals surface area contributed by atoms with E-state index in [1.54, 1.807) is 30.5 Å². The number of anilines is 2. The van der Waals surface area contributed by atoms with Crippen molar-refractivity contribution in [2.24, 2.45) is 0 Å². The molecule has 0 saturated carbocycles. The van der Waals surface area contributed by atoms with E-state index in [-0.39, 0.29) is 17.9 Å². The second kappa shape index (κ2) is 9.14. The highest BCUT2D eigenvalue weighted by Gasteiger charge is 2.25. The molecule has 1 aliphatic heterocycles. The molecule has 2 aromatic carbocycles. The molecule has 7 nitrogen and oxygen atoms in total. The number of likely N-dealkylation sites (tertiary alicyclic amines) is 1. The number of halogens is 1. The van der Waals surface area contributed by atoms with Crippen molar-refractivity contribution in [2.45, 2.75) is 18.9 Å². The molecule has 2 N–H and O–H groups in total. The first kappa shape index (κ1) is 20.8. The topological polar surface area (TPSA) is 87.2 Å². The van der Waals surface area contributed by atoms with Gasteiger partial charge in [0.15, 0.2) is 0 Å². The third-order valence-corrected chi connectivity index (χ3v) is 5.41.